The summed E-state index contributed by atoms with van der Waals surface area (Å²) in [5.41, 5.74) is 1.10. The number of amides is 1. The second-order valence-corrected chi connectivity index (χ2v) is 5.54. The molecule has 2 aromatic carbocycles. The third kappa shape index (κ3) is 3.07. The summed E-state index contributed by atoms with van der Waals surface area (Å²) in [5, 5.41) is 0. The highest BCUT2D eigenvalue weighted by molar-refractivity contribution is 9.10. The van der Waals surface area contributed by atoms with E-state index in [1.807, 2.05) is 19.1 Å². The minimum atomic E-state index is -0.327. The van der Waals surface area contributed by atoms with E-state index in [0.717, 1.165) is 4.47 Å². The molecule has 20 heavy (non-hydrogen) atoms. The Morgan fingerprint density at radius 3 is 2.35 bits per heavy atom. The molecule has 0 aliphatic heterocycles. The molecule has 1 amide bonds. The van der Waals surface area contributed by atoms with Crippen molar-refractivity contribution in [1.29, 1.82) is 0 Å². The van der Waals surface area contributed by atoms with Crippen LogP contribution in [0.15, 0.2) is 53.0 Å². The number of carbonyl (C=O) groups is 1. The minimum absolute atomic E-state index is 0.131. The van der Waals surface area contributed by atoms with E-state index in [1.54, 1.807) is 42.3 Å². The fraction of sp³-hybridized carbons (Fsp3) is 0.188. The lowest BCUT2D eigenvalue weighted by molar-refractivity contribution is 0.0740. The van der Waals surface area contributed by atoms with Gasteiger partial charge in [0.2, 0.25) is 0 Å². The number of nitrogens with zero attached hydrogens (tertiary/aromatic N) is 1. The van der Waals surface area contributed by atoms with Crippen molar-refractivity contribution >= 4 is 21.8 Å². The Labute approximate surface area is 126 Å². The molecule has 1 atom stereocenters. The van der Waals surface area contributed by atoms with Crippen LogP contribution in [0.5, 0.6) is 0 Å². The first-order chi connectivity index (χ1) is 9.50. The molecule has 2 aromatic rings. The maximum Gasteiger partial charge on any atom is 0.254 e. The molecule has 0 aliphatic carbocycles. The van der Waals surface area contributed by atoms with Gasteiger partial charge in [-0.2, -0.15) is 0 Å². The lowest BCUT2D eigenvalue weighted by Gasteiger charge is -2.25. The average Bonchev–Trinajstić information content (AvgIpc) is 2.46. The van der Waals surface area contributed by atoms with Gasteiger partial charge in [0.15, 0.2) is 0 Å². The van der Waals surface area contributed by atoms with E-state index < -0.39 is 0 Å². The summed E-state index contributed by atoms with van der Waals surface area (Å²) in [6, 6.07) is 13.3. The molecule has 0 radical (unpaired) electrons. The molecule has 4 heteroatoms. The molecule has 0 saturated carbocycles. The third-order valence-electron chi connectivity index (χ3n) is 3.35. The minimum Gasteiger partial charge on any atom is -0.335 e. The Bertz CT molecular complexity index is 612. The van der Waals surface area contributed by atoms with Gasteiger partial charge in [0.25, 0.3) is 5.91 Å². The second kappa shape index (κ2) is 6.18. The Morgan fingerprint density at radius 1 is 1.15 bits per heavy atom. The Kier molecular flexibility index (Phi) is 4.55. The van der Waals surface area contributed by atoms with Gasteiger partial charge in [0, 0.05) is 22.6 Å². The average molecular weight is 336 g/mol. The van der Waals surface area contributed by atoms with E-state index in [2.05, 4.69) is 15.9 Å². The van der Waals surface area contributed by atoms with Crippen molar-refractivity contribution in [3.8, 4) is 0 Å². The number of hydrogen-bond acceptors (Lipinski definition) is 1. The van der Waals surface area contributed by atoms with Gasteiger partial charge in [-0.15, -0.1) is 0 Å². The van der Waals surface area contributed by atoms with Crippen molar-refractivity contribution < 1.29 is 9.18 Å². The fourth-order valence-corrected chi connectivity index (χ4v) is 2.26. The van der Waals surface area contributed by atoms with Crippen molar-refractivity contribution in [3.63, 3.8) is 0 Å². The zero-order chi connectivity index (χ0) is 14.7. The summed E-state index contributed by atoms with van der Waals surface area (Å²) in [7, 11) is 1.68. The number of carbonyl (C=O) groups excluding carboxylic acids is 1. The Balaban J connectivity index is 2.22. The van der Waals surface area contributed by atoms with Crippen LogP contribution in [-0.2, 0) is 0 Å². The summed E-state index contributed by atoms with van der Waals surface area (Å²) in [6.45, 7) is 1.81. The maximum atomic E-state index is 13.8. The zero-order valence-electron chi connectivity index (χ0n) is 11.3. The van der Waals surface area contributed by atoms with Crippen molar-refractivity contribution in [2.75, 3.05) is 7.05 Å². The first kappa shape index (κ1) is 14.7. The summed E-state index contributed by atoms with van der Waals surface area (Å²) in [5.74, 6) is -0.427. The monoisotopic (exact) mass is 335 g/mol. The SMILES string of the molecule is CC(c1ccccc1F)N(C)C(=O)c1ccc(Br)cc1. The van der Waals surface area contributed by atoms with Crippen LogP contribution in [0.2, 0.25) is 0 Å². The first-order valence-corrected chi connectivity index (χ1v) is 7.07. The highest BCUT2D eigenvalue weighted by Crippen LogP contribution is 2.23. The van der Waals surface area contributed by atoms with Gasteiger partial charge in [0.05, 0.1) is 6.04 Å². The van der Waals surface area contributed by atoms with Gasteiger partial charge >= 0.3 is 0 Å². The molecule has 0 fully saturated rings. The summed E-state index contributed by atoms with van der Waals surface area (Å²) < 4.78 is 14.7. The van der Waals surface area contributed by atoms with Crippen LogP contribution >= 0.6 is 15.9 Å². The van der Waals surface area contributed by atoms with Gasteiger partial charge in [-0.3, -0.25) is 4.79 Å². The van der Waals surface area contributed by atoms with Crippen molar-refractivity contribution in [2.45, 2.75) is 13.0 Å². The van der Waals surface area contributed by atoms with Crippen molar-refractivity contribution in [3.05, 3.63) is 69.9 Å². The number of hydrogen-bond donors (Lipinski definition) is 0. The maximum absolute atomic E-state index is 13.8. The zero-order valence-corrected chi connectivity index (χ0v) is 12.9. The van der Waals surface area contributed by atoms with E-state index >= 15 is 0 Å². The van der Waals surface area contributed by atoms with Crippen molar-refractivity contribution in [1.82, 2.24) is 4.90 Å². The van der Waals surface area contributed by atoms with Gasteiger partial charge in [-0.05, 0) is 37.3 Å². The van der Waals surface area contributed by atoms with E-state index in [-0.39, 0.29) is 17.8 Å². The predicted molar refractivity (Wildman–Crippen MR) is 81.1 cm³/mol. The normalized spacial score (nSPS) is 12.0. The van der Waals surface area contributed by atoms with Gasteiger partial charge < -0.3 is 4.90 Å². The molecule has 0 heterocycles. The molecular formula is C16H15BrFNO. The van der Waals surface area contributed by atoms with Crippen LogP contribution in [0.3, 0.4) is 0 Å². The molecule has 2 nitrogen and oxygen atoms in total. The van der Waals surface area contributed by atoms with Crippen LogP contribution in [0.4, 0.5) is 4.39 Å². The van der Waals surface area contributed by atoms with Crippen molar-refractivity contribution in [2.24, 2.45) is 0 Å². The first-order valence-electron chi connectivity index (χ1n) is 6.28. The van der Waals surface area contributed by atoms with E-state index in [9.17, 15) is 9.18 Å². The molecule has 0 spiro atoms. The summed E-state index contributed by atoms with van der Waals surface area (Å²) >= 11 is 3.33. The summed E-state index contributed by atoms with van der Waals surface area (Å²) in [6.07, 6.45) is 0. The van der Waals surface area contributed by atoms with E-state index in [4.69, 9.17) is 0 Å². The lowest BCUT2D eigenvalue weighted by Crippen LogP contribution is -2.30. The third-order valence-corrected chi connectivity index (χ3v) is 3.88. The number of benzene rings is 2. The standard InChI is InChI=1S/C16H15BrFNO/c1-11(14-5-3-4-6-15(14)18)19(2)16(20)12-7-9-13(17)10-8-12/h3-11H,1-2H3. The topological polar surface area (TPSA) is 20.3 Å². The largest absolute Gasteiger partial charge is 0.335 e. The predicted octanol–water partition coefficient (Wildman–Crippen LogP) is 4.42. The molecule has 0 bridgehead atoms. The molecule has 104 valence electrons. The molecule has 2 rings (SSSR count). The Hall–Kier alpha value is -1.68. The number of halogens is 2. The highest BCUT2D eigenvalue weighted by atomic mass is 79.9. The van der Waals surface area contributed by atoms with Crippen LogP contribution in [0.25, 0.3) is 0 Å². The Morgan fingerprint density at radius 2 is 1.75 bits per heavy atom. The highest BCUT2D eigenvalue weighted by Gasteiger charge is 2.20. The summed E-state index contributed by atoms with van der Waals surface area (Å²) in [4.78, 5) is 13.9. The molecule has 0 aromatic heterocycles. The van der Waals surface area contributed by atoms with Crippen LogP contribution in [0, 0.1) is 5.82 Å². The van der Waals surface area contributed by atoms with Gasteiger partial charge in [0.1, 0.15) is 5.82 Å². The molecule has 0 saturated heterocycles. The molecule has 0 N–H and O–H groups in total. The molecular weight excluding hydrogens is 321 g/mol. The lowest BCUT2D eigenvalue weighted by atomic mass is 10.1. The number of rotatable bonds is 3. The van der Waals surface area contributed by atoms with E-state index in [1.165, 1.54) is 6.07 Å². The fourth-order valence-electron chi connectivity index (χ4n) is 1.99. The van der Waals surface area contributed by atoms with Crippen LogP contribution < -0.4 is 0 Å². The second-order valence-electron chi connectivity index (χ2n) is 4.62. The van der Waals surface area contributed by atoms with Gasteiger partial charge in [-0.25, -0.2) is 4.39 Å². The van der Waals surface area contributed by atoms with Crippen LogP contribution in [0.1, 0.15) is 28.9 Å². The molecule has 1 unspecified atom stereocenters. The van der Waals surface area contributed by atoms with Crippen LogP contribution in [-0.4, -0.2) is 17.9 Å². The smallest absolute Gasteiger partial charge is 0.254 e. The molecule has 0 aliphatic rings. The van der Waals surface area contributed by atoms with E-state index in [0.29, 0.717) is 11.1 Å². The van der Waals surface area contributed by atoms with Gasteiger partial charge in [-0.1, -0.05) is 34.1 Å². The quantitative estimate of drug-likeness (QED) is 0.812.